The van der Waals surface area contributed by atoms with Gasteiger partial charge in [-0.1, -0.05) is 6.07 Å². The number of benzene rings is 1. The first-order chi connectivity index (χ1) is 9.08. The lowest BCUT2D eigenvalue weighted by molar-refractivity contribution is 0.0514. The zero-order valence-corrected chi connectivity index (χ0v) is 11.2. The van der Waals surface area contributed by atoms with E-state index >= 15 is 0 Å². The summed E-state index contributed by atoms with van der Waals surface area (Å²) in [6, 6.07) is 6.55. The van der Waals surface area contributed by atoms with Gasteiger partial charge in [-0.2, -0.15) is 0 Å². The smallest absolute Gasteiger partial charge is 0.254 e. The molecule has 0 bridgehead atoms. The third kappa shape index (κ3) is 3.47. The summed E-state index contributed by atoms with van der Waals surface area (Å²) >= 11 is 0. The Hall–Kier alpha value is -1.55. The maximum absolute atomic E-state index is 12.5. The highest BCUT2D eigenvalue weighted by atomic mass is 16.3. The molecule has 0 saturated carbocycles. The first kappa shape index (κ1) is 13.9. The number of rotatable bonds is 3. The van der Waals surface area contributed by atoms with E-state index in [1.165, 1.54) is 6.07 Å². The minimum absolute atomic E-state index is 0.0544. The Balaban J connectivity index is 2.15. The van der Waals surface area contributed by atoms with Gasteiger partial charge in [-0.25, -0.2) is 0 Å². The molecule has 0 aliphatic carbocycles. The summed E-state index contributed by atoms with van der Waals surface area (Å²) in [6.45, 7) is 2.48. The Morgan fingerprint density at radius 1 is 1.47 bits per heavy atom. The Morgan fingerprint density at radius 3 is 2.95 bits per heavy atom. The van der Waals surface area contributed by atoms with Crippen LogP contribution in [0.1, 0.15) is 43.0 Å². The topological polar surface area (TPSA) is 60.8 Å². The lowest BCUT2D eigenvalue weighted by Gasteiger charge is -2.36. The van der Waals surface area contributed by atoms with Gasteiger partial charge in [-0.3, -0.25) is 4.79 Å². The number of phenols is 1. The van der Waals surface area contributed by atoms with Crippen LogP contribution in [0.3, 0.4) is 0 Å². The third-order valence-corrected chi connectivity index (χ3v) is 3.59. The highest BCUT2D eigenvalue weighted by molar-refractivity contribution is 5.94. The number of phenolic OH excluding ortho intramolecular Hbond substituents is 1. The minimum Gasteiger partial charge on any atom is -0.508 e. The van der Waals surface area contributed by atoms with Crippen molar-refractivity contribution in [1.29, 1.82) is 0 Å². The van der Waals surface area contributed by atoms with E-state index in [0.29, 0.717) is 12.0 Å². The van der Waals surface area contributed by atoms with E-state index in [1.807, 2.05) is 4.90 Å². The largest absolute Gasteiger partial charge is 0.508 e. The van der Waals surface area contributed by atoms with Crippen LogP contribution in [0.4, 0.5) is 0 Å². The van der Waals surface area contributed by atoms with Crippen LogP contribution in [0.5, 0.6) is 5.75 Å². The summed E-state index contributed by atoms with van der Waals surface area (Å²) in [7, 11) is 0. The van der Waals surface area contributed by atoms with Gasteiger partial charge < -0.3 is 15.1 Å². The predicted molar refractivity (Wildman–Crippen MR) is 73.1 cm³/mol. The molecule has 1 fully saturated rings. The second-order valence-corrected chi connectivity index (χ2v) is 5.28. The van der Waals surface area contributed by atoms with Crippen molar-refractivity contribution >= 4 is 5.91 Å². The molecule has 4 nitrogen and oxygen atoms in total. The van der Waals surface area contributed by atoms with Gasteiger partial charge in [-0.05, 0) is 50.8 Å². The second-order valence-electron chi connectivity index (χ2n) is 5.28. The highest BCUT2D eigenvalue weighted by Crippen LogP contribution is 2.24. The van der Waals surface area contributed by atoms with Crippen molar-refractivity contribution in [1.82, 2.24) is 4.90 Å². The number of aliphatic hydroxyl groups is 1. The number of amides is 1. The number of hydrogen-bond acceptors (Lipinski definition) is 3. The molecule has 1 amide bonds. The SMILES string of the molecule is CC(O)CC1CCCCN1C(=O)c1cccc(O)c1. The quantitative estimate of drug-likeness (QED) is 0.878. The molecule has 1 aliphatic rings. The average Bonchev–Trinajstić information content (AvgIpc) is 2.38. The molecular formula is C15H21NO3. The number of nitrogens with zero attached hydrogens (tertiary/aromatic N) is 1. The van der Waals surface area contributed by atoms with E-state index in [2.05, 4.69) is 0 Å². The molecule has 1 aromatic rings. The van der Waals surface area contributed by atoms with Crippen molar-refractivity contribution in [3.63, 3.8) is 0 Å². The van der Waals surface area contributed by atoms with Gasteiger partial charge in [0.2, 0.25) is 0 Å². The Kier molecular flexibility index (Phi) is 4.43. The van der Waals surface area contributed by atoms with Crippen molar-refractivity contribution in [2.45, 2.75) is 44.8 Å². The monoisotopic (exact) mass is 263 g/mol. The Morgan fingerprint density at radius 2 is 2.26 bits per heavy atom. The summed E-state index contributed by atoms with van der Waals surface area (Å²) in [5.74, 6) is 0.0520. The number of carbonyl (C=O) groups is 1. The molecule has 0 aromatic heterocycles. The number of hydrogen-bond donors (Lipinski definition) is 2. The number of piperidine rings is 1. The molecular weight excluding hydrogens is 242 g/mol. The lowest BCUT2D eigenvalue weighted by Crippen LogP contribution is -2.45. The minimum atomic E-state index is -0.400. The molecule has 19 heavy (non-hydrogen) atoms. The normalized spacial score (nSPS) is 21.2. The summed E-state index contributed by atoms with van der Waals surface area (Å²) in [5, 5.41) is 19.0. The van der Waals surface area contributed by atoms with Gasteiger partial charge in [0, 0.05) is 18.2 Å². The lowest BCUT2D eigenvalue weighted by atomic mass is 9.96. The van der Waals surface area contributed by atoms with Gasteiger partial charge >= 0.3 is 0 Å². The van der Waals surface area contributed by atoms with E-state index in [0.717, 1.165) is 25.8 Å². The number of likely N-dealkylation sites (tertiary alicyclic amines) is 1. The fourth-order valence-electron chi connectivity index (χ4n) is 2.71. The third-order valence-electron chi connectivity index (χ3n) is 3.59. The van der Waals surface area contributed by atoms with E-state index in [-0.39, 0.29) is 17.7 Å². The molecule has 0 spiro atoms. The summed E-state index contributed by atoms with van der Waals surface area (Å²) in [5.41, 5.74) is 0.512. The molecule has 0 radical (unpaired) electrons. The highest BCUT2D eigenvalue weighted by Gasteiger charge is 2.28. The first-order valence-electron chi connectivity index (χ1n) is 6.86. The van der Waals surface area contributed by atoms with Crippen LogP contribution in [0, 0.1) is 0 Å². The van der Waals surface area contributed by atoms with Crippen LogP contribution >= 0.6 is 0 Å². The van der Waals surface area contributed by atoms with Crippen molar-refractivity contribution in [2.24, 2.45) is 0 Å². The molecule has 1 saturated heterocycles. The van der Waals surface area contributed by atoms with Crippen molar-refractivity contribution in [3.8, 4) is 5.75 Å². The maximum atomic E-state index is 12.5. The number of aromatic hydroxyl groups is 1. The molecule has 4 heteroatoms. The van der Waals surface area contributed by atoms with Gasteiger partial charge in [0.25, 0.3) is 5.91 Å². The fourth-order valence-corrected chi connectivity index (χ4v) is 2.71. The van der Waals surface area contributed by atoms with E-state index in [4.69, 9.17) is 0 Å². The van der Waals surface area contributed by atoms with Crippen molar-refractivity contribution in [2.75, 3.05) is 6.54 Å². The van der Waals surface area contributed by atoms with Crippen molar-refractivity contribution in [3.05, 3.63) is 29.8 Å². The number of carbonyl (C=O) groups excluding carboxylic acids is 1. The molecule has 1 heterocycles. The molecule has 2 atom stereocenters. The van der Waals surface area contributed by atoms with Crippen molar-refractivity contribution < 1.29 is 15.0 Å². The Labute approximate surface area is 113 Å². The van der Waals surface area contributed by atoms with Crippen LogP contribution in [0.2, 0.25) is 0 Å². The van der Waals surface area contributed by atoms with Gasteiger partial charge in [0.1, 0.15) is 5.75 Å². The molecule has 2 rings (SSSR count). The molecule has 2 N–H and O–H groups in total. The summed E-state index contributed by atoms with van der Waals surface area (Å²) in [4.78, 5) is 14.3. The van der Waals surface area contributed by atoms with E-state index in [9.17, 15) is 15.0 Å². The molecule has 104 valence electrons. The molecule has 2 unspecified atom stereocenters. The van der Waals surface area contributed by atoms with E-state index < -0.39 is 6.10 Å². The van der Waals surface area contributed by atoms with Gasteiger partial charge in [0.15, 0.2) is 0 Å². The summed E-state index contributed by atoms with van der Waals surface area (Å²) in [6.07, 6.45) is 3.25. The second kappa shape index (κ2) is 6.06. The fraction of sp³-hybridized carbons (Fsp3) is 0.533. The first-order valence-corrected chi connectivity index (χ1v) is 6.86. The van der Waals surface area contributed by atoms with Crippen LogP contribution in [-0.4, -0.2) is 39.7 Å². The zero-order valence-electron chi connectivity index (χ0n) is 11.2. The van der Waals surface area contributed by atoms with Crippen LogP contribution < -0.4 is 0 Å². The predicted octanol–water partition coefficient (Wildman–Crippen LogP) is 2.16. The Bertz CT molecular complexity index is 445. The van der Waals surface area contributed by atoms with Gasteiger partial charge in [0.05, 0.1) is 6.10 Å². The maximum Gasteiger partial charge on any atom is 0.254 e. The van der Waals surface area contributed by atoms with Crippen LogP contribution in [0.15, 0.2) is 24.3 Å². The van der Waals surface area contributed by atoms with Crippen LogP contribution in [0.25, 0.3) is 0 Å². The van der Waals surface area contributed by atoms with E-state index in [1.54, 1.807) is 25.1 Å². The zero-order chi connectivity index (χ0) is 13.8. The van der Waals surface area contributed by atoms with Gasteiger partial charge in [-0.15, -0.1) is 0 Å². The summed E-state index contributed by atoms with van der Waals surface area (Å²) < 4.78 is 0. The molecule has 1 aromatic carbocycles. The molecule has 1 aliphatic heterocycles. The standard InChI is InChI=1S/C15H21NO3/c1-11(17)9-13-6-2-3-8-16(13)15(19)12-5-4-7-14(18)10-12/h4-5,7,10-11,13,17-18H,2-3,6,8-9H2,1H3. The van der Waals surface area contributed by atoms with Crippen LogP contribution in [-0.2, 0) is 0 Å². The average molecular weight is 263 g/mol. The number of aliphatic hydroxyl groups excluding tert-OH is 1.